The molecule has 1 N–H and O–H groups in total. The number of benzene rings is 1. The average molecular weight is 305 g/mol. The molecule has 1 aromatic carbocycles. The van der Waals surface area contributed by atoms with Crippen molar-refractivity contribution < 1.29 is 4.79 Å². The summed E-state index contributed by atoms with van der Waals surface area (Å²) in [6, 6.07) is 10.2. The van der Waals surface area contributed by atoms with Gasteiger partial charge in [-0.05, 0) is 37.5 Å². The number of nitrogens with one attached hydrogen (secondary N) is 1. The summed E-state index contributed by atoms with van der Waals surface area (Å²) in [6.07, 6.45) is 1.88. The van der Waals surface area contributed by atoms with Gasteiger partial charge in [0.2, 0.25) is 5.91 Å². The molecule has 0 radical (unpaired) electrons. The lowest BCUT2D eigenvalue weighted by Gasteiger charge is -2.30. The minimum absolute atomic E-state index is 0.122. The van der Waals surface area contributed by atoms with Crippen LogP contribution in [0.3, 0.4) is 0 Å². The number of rotatable bonds is 3. The number of carbonyl (C=O) groups excluding carboxylic acids is 1. The molecule has 1 aromatic rings. The van der Waals surface area contributed by atoms with E-state index >= 15 is 0 Å². The first-order chi connectivity index (χ1) is 10.0. The van der Waals surface area contributed by atoms with Gasteiger partial charge in [-0.3, -0.25) is 4.79 Å². The molecule has 5 heteroatoms. The molecule has 114 valence electrons. The summed E-state index contributed by atoms with van der Waals surface area (Å²) in [6.45, 7) is 2.93. The summed E-state index contributed by atoms with van der Waals surface area (Å²) in [5, 5.41) is 4.02. The minimum Gasteiger partial charge on any atom is -0.356 e. The predicted octanol–water partition coefficient (Wildman–Crippen LogP) is 2.17. The van der Waals surface area contributed by atoms with Gasteiger partial charge in [-0.1, -0.05) is 30.3 Å². The minimum atomic E-state index is -0.122. The van der Waals surface area contributed by atoms with Crippen LogP contribution < -0.4 is 5.32 Å². The lowest BCUT2D eigenvalue weighted by atomic mass is 10.1. The van der Waals surface area contributed by atoms with Gasteiger partial charge in [0.05, 0.1) is 6.04 Å². The molecule has 0 aromatic heterocycles. The van der Waals surface area contributed by atoms with Gasteiger partial charge in [0.25, 0.3) is 0 Å². The lowest BCUT2D eigenvalue weighted by Crippen LogP contribution is -2.49. The van der Waals surface area contributed by atoms with Crippen LogP contribution >= 0.6 is 12.2 Å². The van der Waals surface area contributed by atoms with Crippen molar-refractivity contribution >= 4 is 23.2 Å². The van der Waals surface area contributed by atoms with Crippen molar-refractivity contribution in [2.45, 2.75) is 31.8 Å². The zero-order valence-electron chi connectivity index (χ0n) is 12.9. The summed E-state index contributed by atoms with van der Waals surface area (Å²) >= 11 is 5.52. The number of carbonyl (C=O) groups is 1. The lowest BCUT2D eigenvalue weighted by molar-refractivity contribution is -0.132. The molecule has 1 saturated heterocycles. The van der Waals surface area contributed by atoms with Gasteiger partial charge in [0.15, 0.2) is 5.11 Å². The second-order valence-electron chi connectivity index (χ2n) is 5.67. The molecule has 1 aliphatic rings. The van der Waals surface area contributed by atoms with Crippen LogP contribution in [-0.4, -0.2) is 47.5 Å². The Hall–Kier alpha value is -1.62. The van der Waals surface area contributed by atoms with Gasteiger partial charge in [0, 0.05) is 20.6 Å². The van der Waals surface area contributed by atoms with Gasteiger partial charge >= 0.3 is 0 Å². The molecule has 1 heterocycles. The Bertz CT molecular complexity index is 504. The fraction of sp³-hybridized carbons (Fsp3) is 0.500. The van der Waals surface area contributed by atoms with Crippen molar-refractivity contribution in [3.63, 3.8) is 0 Å². The molecule has 0 aliphatic carbocycles. The molecule has 21 heavy (non-hydrogen) atoms. The Balaban J connectivity index is 2.01. The molecular formula is C16H23N3OS. The molecule has 1 fully saturated rings. The van der Waals surface area contributed by atoms with Crippen LogP contribution in [0.25, 0.3) is 0 Å². The standard InChI is InChI=1S/C16H23N3OS/c1-12(13-8-5-4-6-9-13)17-16(21)19-11-7-10-14(19)15(20)18(2)3/h4-6,8-9,12,14H,7,10-11H2,1-3H3,(H,17,21)/t12-,14+/m1/s1. The van der Waals surface area contributed by atoms with E-state index in [1.807, 2.05) is 23.1 Å². The molecule has 4 nitrogen and oxygen atoms in total. The van der Waals surface area contributed by atoms with E-state index in [4.69, 9.17) is 12.2 Å². The van der Waals surface area contributed by atoms with Crippen LogP contribution in [-0.2, 0) is 4.79 Å². The maximum Gasteiger partial charge on any atom is 0.244 e. The highest BCUT2D eigenvalue weighted by Crippen LogP contribution is 2.20. The topological polar surface area (TPSA) is 35.6 Å². The molecule has 1 amide bonds. The molecule has 1 aliphatic heterocycles. The molecule has 0 spiro atoms. The van der Waals surface area contributed by atoms with E-state index in [-0.39, 0.29) is 18.0 Å². The molecule has 2 rings (SSSR count). The molecule has 2 atom stereocenters. The van der Waals surface area contributed by atoms with Gasteiger partial charge < -0.3 is 15.1 Å². The summed E-state index contributed by atoms with van der Waals surface area (Å²) in [5.74, 6) is 0.129. The van der Waals surface area contributed by atoms with Crippen molar-refractivity contribution in [2.75, 3.05) is 20.6 Å². The third-order valence-electron chi connectivity index (χ3n) is 3.88. The van der Waals surface area contributed by atoms with Crippen molar-refractivity contribution in [2.24, 2.45) is 0 Å². The maximum atomic E-state index is 12.2. The highest BCUT2D eigenvalue weighted by atomic mass is 32.1. The highest BCUT2D eigenvalue weighted by Gasteiger charge is 2.33. The summed E-state index contributed by atoms with van der Waals surface area (Å²) in [5.41, 5.74) is 1.19. The van der Waals surface area contributed by atoms with E-state index in [0.29, 0.717) is 5.11 Å². The Labute approximate surface area is 132 Å². The molecule has 0 saturated carbocycles. The highest BCUT2D eigenvalue weighted by molar-refractivity contribution is 7.80. The first kappa shape index (κ1) is 15.8. The Morgan fingerprint density at radius 1 is 1.38 bits per heavy atom. The van der Waals surface area contributed by atoms with Crippen LogP contribution in [0.2, 0.25) is 0 Å². The Morgan fingerprint density at radius 3 is 2.67 bits per heavy atom. The Kier molecular flexibility index (Phi) is 5.17. The summed E-state index contributed by atoms with van der Waals surface area (Å²) in [7, 11) is 3.59. The quantitative estimate of drug-likeness (QED) is 0.868. The fourth-order valence-electron chi connectivity index (χ4n) is 2.66. The van der Waals surface area contributed by atoms with E-state index in [9.17, 15) is 4.79 Å². The van der Waals surface area contributed by atoms with Gasteiger partial charge in [-0.15, -0.1) is 0 Å². The van der Waals surface area contributed by atoms with E-state index in [2.05, 4.69) is 24.4 Å². The summed E-state index contributed by atoms with van der Waals surface area (Å²) < 4.78 is 0. The van der Waals surface area contributed by atoms with Crippen molar-refractivity contribution in [3.8, 4) is 0 Å². The van der Waals surface area contributed by atoms with E-state index < -0.39 is 0 Å². The molecule has 0 bridgehead atoms. The number of hydrogen-bond donors (Lipinski definition) is 1. The smallest absolute Gasteiger partial charge is 0.244 e. The third-order valence-corrected chi connectivity index (χ3v) is 4.23. The maximum absolute atomic E-state index is 12.2. The Morgan fingerprint density at radius 2 is 2.05 bits per heavy atom. The zero-order valence-corrected chi connectivity index (χ0v) is 13.7. The number of likely N-dealkylation sites (tertiary alicyclic amines) is 1. The van der Waals surface area contributed by atoms with Gasteiger partial charge in [-0.2, -0.15) is 0 Å². The number of hydrogen-bond acceptors (Lipinski definition) is 2. The third kappa shape index (κ3) is 3.73. The first-order valence-electron chi connectivity index (χ1n) is 7.34. The SMILES string of the molecule is C[C@@H](NC(=S)N1CCC[C@H]1C(=O)N(C)C)c1ccccc1. The van der Waals surface area contributed by atoms with E-state index in [0.717, 1.165) is 19.4 Å². The van der Waals surface area contributed by atoms with Crippen molar-refractivity contribution in [3.05, 3.63) is 35.9 Å². The van der Waals surface area contributed by atoms with Gasteiger partial charge in [0.1, 0.15) is 6.04 Å². The largest absolute Gasteiger partial charge is 0.356 e. The van der Waals surface area contributed by atoms with Gasteiger partial charge in [-0.25, -0.2) is 0 Å². The number of thiocarbonyl (C=S) groups is 1. The van der Waals surface area contributed by atoms with Crippen LogP contribution in [0.15, 0.2) is 30.3 Å². The number of amides is 1. The monoisotopic (exact) mass is 305 g/mol. The molecule has 0 unspecified atom stereocenters. The molecular weight excluding hydrogens is 282 g/mol. The van der Waals surface area contributed by atoms with E-state index in [1.54, 1.807) is 19.0 Å². The average Bonchev–Trinajstić information content (AvgIpc) is 2.96. The van der Waals surface area contributed by atoms with Crippen LogP contribution in [0.5, 0.6) is 0 Å². The van der Waals surface area contributed by atoms with E-state index in [1.165, 1.54) is 5.56 Å². The first-order valence-corrected chi connectivity index (χ1v) is 7.74. The summed E-state index contributed by atoms with van der Waals surface area (Å²) in [4.78, 5) is 15.9. The normalized spacial score (nSPS) is 19.2. The number of nitrogens with zero attached hydrogens (tertiary/aromatic N) is 2. The second-order valence-corrected chi connectivity index (χ2v) is 6.05. The van der Waals surface area contributed by atoms with Crippen LogP contribution in [0.4, 0.5) is 0 Å². The van der Waals surface area contributed by atoms with Crippen molar-refractivity contribution in [1.29, 1.82) is 0 Å². The van der Waals surface area contributed by atoms with Crippen LogP contribution in [0, 0.1) is 0 Å². The number of likely N-dealkylation sites (N-methyl/N-ethyl adjacent to an activating group) is 1. The van der Waals surface area contributed by atoms with Crippen molar-refractivity contribution in [1.82, 2.24) is 15.1 Å². The van der Waals surface area contributed by atoms with Crippen LogP contribution in [0.1, 0.15) is 31.4 Å². The zero-order chi connectivity index (χ0) is 15.4. The predicted molar refractivity (Wildman–Crippen MR) is 89.0 cm³/mol. The fourth-order valence-corrected chi connectivity index (χ4v) is 3.05. The second kappa shape index (κ2) is 6.89.